The number of likely N-dealkylation sites (N-methyl/N-ethyl adjacent to an activating group) is 1. The lowest BCUT2D eigenvalue weighted by molar-refractivity contribution is -0.158. The Kier molecular flexibility index (Phi) is 2.70. The summed E-state index contributed by atoms with van der Waals surface area (Å²) >= 11 is 0. The fourth-order valence-electron chi connectivity index (χ4n) is 5.88. The highest BCUT2D eigenvalue weighted by Crippen LogP contribution is 2.60. The zero-order valence-corrected chi connectivity index (χ0v) is 12.0. The highest BCUT2D eigenvalue weighted by molar-refractivity contribution is 5.83. The molecule has 1 saturated heterocycles. The summed E-state index contributed by atoms with van der Waals surface area (Å²) in [5, 5.41) is 3.39. The van der Waals surface area contributed by atoms with Gasteiger partial charge in [-0.3, -0.25) is 4.79 Å². The van der Waals surface area contributed by atoms with E-state index in [9.17, 15) is 4.79 Å². The lowest BCUT2D eigenvalue weighted by Gasteiger charge is -2.56. The normalized spacial score (nSPS) is 47.6. The standard InChI is InChI=1S/C16H26N2O/c1-18(14-2-3-17-10-14)15(19)16-7-11-4-12(8-16)6-13(5-11)9-16/h11-14,17H,2-10H2,1H3/t11?,12?,13?,14-,16?/m0/s1. The molecule has 1 atom stereocenters. The Morgan fingerprint density at radius 2 is 1.68 bits per heavy atom. The largest absolute Gasteiger partial charge is 0.341 e. The van der Waals surface area contributed by atoms with Crippen LogP contribution in [0, 0.1) is 23.2 Å². The van der Waals surface area contributed by atoms with Gasteiger partial charge in [-0.15, -0.1) is 0 Å². The van der Waals surface area contributed by atoms with Crippen LogP contribution in [0.1, 0.15) is 44.9 Å². The third-order valence-corrected chi connectivity index (χ3v) is 6.39. The second-order valence-electron chi connectivity index (χ2n) is 7.76. The molecule has 1 heterocycles. The van der Waals surface area contributed by atoms with Crippen molar-refractivity contribution in [3.05, 3.63) is 0 Å². The summed E-state index contributed by atoms with van der Waals surface area (Å²) in [6.45, 7) is 2.07. The summed E-state index contributed by atoms with van der Waals surface area (Å²) in [6.07, 6.45) is 8.98. The van der Waals surface area contributed by atoms with Crippen LogP contribution in [-0.4, -0.2) is 37.0 Å². The number of rotatable bonds is 2. The summed E-state index contributed by atoms with van der Waals surface area (Å²) in [4.78, 5) is 15.2. The van der Waals surface area contributed by atoms with Gasteiger partial charge in [0.1, 0.15) is 0 Å². The fourth-order valence-corrected chi connectivity index (χ4v) is 5.88. The van der Waals surface area contributed by atoms with E-state index in [1.54, 1.807) is 0 Å². The molecule has 1 aliphatic heterocycles. The van der Waals surface area contributed by atoms with Crippen molar-refractivity contribution in [1.82, 2.24) is 10.2 Å². The van der Waals surface area contributed by atoms with Gasteiger partial charge in [0.15, 0.2) is 0 Å². The second-order valence-corrected chi connectivity index (χ2v) is 7.76. The molecule has 4 aliphatic carbocycles. The van der Waals surface area contributed by atoms with E-state index in [-0.39, 0.29) is 5.41 Å². The van der Waals surface area contributed by atoms with Crippen molar-refractivity contribution in [2.24, 2.45) is 23.2 Å². The number of hydrogen-bond acceptors (Lipinski definition) is 2. The molecule has 0 unspecified atom stereocenters. The molecule has 3 heteroatoms. The van der Waals surface area contributed by atoms with Gasteiger partial charge >= 0.3 is 0 Å². The molecule has 0 aromatic carbocycles. The van der Waals surface area contributed by atoms with Crippen molar-refractivity contribution in [1.29, 1.82) is 0 Å². The minimum absolute atomic E-state index is 0.0477. The zero-order chi connectivity index (χ0) is 13.0. The van der Waals surface area contributed by atoms with Gasteiger partial charge in [0, 0.05) is 19.6 Å². The highest BCUT2D eigenvalue weighted by atomic mass is 16.2. The average molecular weight is 262 g/mol. The van der Waals surface area contributed by atoms with Gasteiger partial charge in [-0.1, -0.05) is 0 Å². The predicted molar refractivity (Wildman–Crippen MR) is 74.6 cm³/mol. The summed E-state index contributed by atoms with van der Waals surface area (Å²) in [5.74, 6) is 3.08. The SMILES string of the molecule is CN(C(=O)C12CC3CC(CC(C3)C1)C2)[C@H]1CCNC1. The molecule has 0 aromatic heterocycles. The van der Waals surface area contributed by atoms with E-state index in [4.69, 9.17) is 0 Å². The van der Waals surface area contributed by atoms with Crippen molar-refractivity contribution >= 4 is 5.91 Å². The Hall–Kier alpha value is -0.570. The first kappa shape index (κ1) is 12.2. The van der Waals surface area contributed by atoms with Crippen LogP contribution in [0.25, 0.3) is 0 Å². The van der Waals surface area contributed by atoms with E-state index in [1.807, 2.05) is 0 Å². The molecule has 5 rings (SSSR count). The number of carbonyl (C=O) groups excluding carboxylic acids is 1. The molecule has 3 nitrogen and oxygen atoms in total. The lowest BCUT2D eigenvalue weighted by atomic mass is 9.49. The molecule has 0 aromatic rings. The molecule has 5 fully saturated rings. The van der Waals surface area contributed by atoms with Crippen molar-refractivity contribution in [3.63, 3.8) is 0 Å². The highest BCUT2D eigenvalue weighted by Gasteiger charge is 2.55. The minimum atomic E-state index is 0.0477. The molecule has 4 bridgehead atoms. The van der Waals surface area contributed by atoms with Crippen molar-refractivity contribution < 1.29 is 4.79 Å². The van der Waals surface area contributed by atoms with Gasteiger partial charge in [-0.25, -0.2) is 0 Å². The summed E-state index contributed by atoms with van der Waals surface area (Å²) in [6, 6.07) is 0.445. The first-order chi connectivity index (χ1) is 9.16. The molecule has 0 spiro atoms. The number of nitrogens with one attached hydrogen (secondary N) is 1. The molecule has 4 saturated carbocycles. The Bertz CT molecular complexity index is 351. The second kappa shape index (κ2) is 4.21. The molecule has 1 N–H and O–H groups in total. The maximum atomic E-state index is 13.1. The smallest absolute Gasteiger partial charge is 0.228 e. The van der Waals surface area contributed by atoms with Gasteiger partial charge in [0.25, 0.3) is 0 Å². The minimum Gasteiger partial charge on any atom is -0.341 e. The van der Waals surface area contributed by atoms with E-state index in [0.29, 0.717) is 11.9 Å². The Balaban J connectivity index is 1.55. The van der Waals surface area contributed by atoms with Crippen LogP contribution in [0.5, 0.6) is 0 Å². The van der Waals surface area contributed by atoms with Crippen molar-refractivity contribution in [2.75, 3.05) is 20.1 Å². The van der Waals surface area contributed by atoms with Crippen LogP contribution in [0.4, 0.5) is 0 Å². The summed E-state index contributed by atoms with van der Waals surface area (Å²) < 4.78 is 0. The Morgan fingerprint density at radius 1 is 1.11 bits per heavy atom. The molecular weight excluding hydrogens is 236 g/mol. The van der Waals surface area contributed by atoms with Gasteiger partial charge < -0.3 is 10.2 Å². The fraction of sp³-hybridized carbons (Fsp3) is 0.938. The maximum Gasteiger partial charge on any atom is 0.228 e. The van der Waals surface area contributed by atoms with E-state index in [0.717, 1.165) is 37.3 Å². The van der Waals surface area contributed by atoms with Crippen LogP contribution in [0.15, 0.2) is 0 Å². The van der Waals surface area contributed by atoms with Gasteiger partial charge in [0.2, 0.25) is 5.91 Å². The van der Waals surface area contributed by atoms with E-state index in [1.165, 1.54) is 38.5 Å². The van der Waals surface area contributed by atoms with Gasteiger partial charge in [0.05, 0.1) is 5.41 Å². The predicted octanol–water partition coefficient (Wildman–Crippen LogP) is 2.02. The third-order valence-electron chi connectivity index (χ3n) is 6.39. The van der Waals surface area contributed by atoms with Crippen LogP contribution in [-0.2, 0) is 4.79 Å². The van der Waals surface area contributed by atoms with Crippen LogP contribution in [0.3, 0.4) is 0 Å². The maximum absolute atomic E-state index is 13.1. The Labute approximate surface area is 116 Å². The average Bonchev–Trinajstić information content (AvgIpc) is 2.89. The summed E-state index contributed by atoms with van der Waals surface area (Å²) in [7, 11) is 2.05. The number of carbonyl (C=O) groups is 1. The van der Waals surface area contributed by atoms with Crippen LogP contribution >= 0.6 is 0 Å². The third kappa shape index (κ3) is 1.84. The first-order valence-corrected chi connectivity index (χ1v) is 8.14. The van der Waals surface area contributed by atoms with Crippen molar-refractivity contribution in [2.45, 2.75) is 51.0 Å². The quantitative estimate of drug-likeness (QED) is 0.826. The topological polar surface area (TPSA) is 32.3 Å². The van der Waals surface area contributed by atoms with Gasteiger partial charge in [-0.05, 0) is 69.2 Å². The van der Waals surface area contributed by atoms with E-state index < -0.39 is 0 Å². The molecule has 106 valence electrons. The first-order valence-electron chi connectivity index (χ1n) is 8.14. The monoisotopic (exact) mass is 262 g/mol. The van der Waals surface area contributed by atoms with E-state index in [2.05, 4.69) is 17.3 Å². The lowest BCUT2D eigenvalue weighted by Crippen LogP contribution is -2.55. The van der Waals surface area contributed by atoms with Crippen LogP contribution < -0.4 is 5.32 Å². The zero-order valence-electron chi connectivity index (χ0n) is 12.0. The summed E-state index contributed by atoms with van der Waals surface area (Å²) in [5.41, 5.74) is 0.0477. The molecule has 5 aliphatic rings. The Morgan fingerprint density at radius 3 is 2.16 bits per heavy atom. The molecule has 1 amide bonds. The number of hydrogen-bond donors (Lipinski definition) is 1. The van der Waals surface area contributed by atoms with Crippen LogP contribution in [0.2, 0.25) is 0 Å². The van der Waals surface area contributed by atoms with Crippen molar-refractivity contribution in [3.8, 4) is 0 Å². The molecule has 19 heavy (non-hydrogen) atoms. The molecular formula is C16H26N2O. The number of amides is 1. The molecule has 0 radical (unpaired) electrons. The van der Waals surface area contributed by atoms with Gasteiger partial charge in [-0.2, -0.15) is 0 Å². The van der Waals surface area contributed by atoms with E-state index >= 15 is 0 Å². The number of nitrogens with zero attached hydrogens (tertiary/aromatic N) is 1.